The molecule has 0 N–H and O–H groups in total. The summed E-state index contributed by atoms with van der Waals surface area (Å²) < 4.78 is 13.9. The van der Waals surface area contributed by atoms with E-state index in [0.717, 1.165) is 32.5 Å². The summed E-state index contributed by atoms with van der Waals surface area (Å²) in [6, 6.07) is 0. The third kappa shape index (κ3) is 10.4. The first-order chi connectivity index (χ1) is 9.74. The van der Waals surface area contributed by atoms with E-state index in [9.17, 15) is 0 Å². The fraction of sp³-hybridized carbons (Fsp3) is 1.00. The third-order valence-corrected chi connectivity index (χ3v) is 8.22. The van der Waals surface area contributed by atoms with Crippen LogP contribution in [0.15, 0.2) is 0 Å². The molecule has 0 aromatic rings. The van der Waals surface area contributed by atoms with Gasteiger partial charge in [-0.2, -0.15) is 0 Å². The molecule has 0 aromatic heterocycles. The van der Waals surface area contributed by atoms with E-state index in [1.165, 1.54) is 43.0 Å². The van der Waals surface area contributed by atoms with Crippen molar-refractivity contribution in [2.45, 2.75) is 93.7 Å². The molecule has 0 aliphatic carbocycles. The Kier molecular flexibility index (Phi) is 15.2. The van der Waals surface area contributed by atoms with Gasteiger partial charge >= 0.3 is 138 Å². The molecule has 0 aliphatic heterocycles. The quantitative estimate of drug-likeness (QED) is 0.212. The number of ether oxygens (including phenoxy) is 2. The number of hydrogen-bond donors (Lipinski definition) is 0. The Hall–Kier alpha value is 0.719. The molecule has 0 saturated heterocycles. The van der Waals surface area contributed by atoms with Gasteiger partial charge in [0.25, 0.3) is 0 Å². The predicted octanol–water partition coefficient (Wildman–Crippen LogP) is 5.39. The molecule has 0 fully saturated rings. The summed E-state index contributed by atoms with van der Waals surface area (Å²) in [6.45, 7) is 10.8. The van der Waals surface area contributed by atoms with E-state index in [4.69, 9.17) is 9.47 Å². The van der Waals surface area contributed by atoms with Gasteiger partial charge in [0, 0.05) is 0 Å². The van der Waals surface area contributed by atoms with Gasteiger partial charge in [0.1, 0.15) is 0 Å². The third-order valence-electron chi connectivity index (χ3n) is 3.42. The van der Waals surface area contributed by atoms with Crippen LogP contribution >= 0.6 is 0 Å². The van der Waals surface area contributed by atoms with Gasteiger partial charge in [-0.3, -0.25) is 0 Å². The molecule has 0 aliphatic rings. The van der Waals surface area contributed by atoms with Crippen molar-refractivity contribution >= 4 is 21.1 Å². The fourth-order valence-electron chi connectivity index (χ4n) is 2.12. The fourth-order valence-corrected chi connectivity index (χ4v) is 6.81. The Morgan fingerprint density at radius 2 is 1.25 bits per heavy atom. The summed E-state index contributed by atoms with van der Waals surface area (Å²) in [5.74, 6) is 0. The summed E-state index contributed by atoms with van der Waals surface area (Å²) in [7, 11) is 0. The Bertz CT molecular complexity index is 187. The van der Waals surface area contributed by atoms with Gasteiger partial charge in [0.2, 0.25) is 0 Å². The normalized spacial score (nSPS) is 12.0. The van der Waals surface area contributed by atoms with Crippen LogP contribution in [0.1, 0.15) is 85.5 Å². The van der Waals surface area contributed by atoms with Crippen LogP contribution in [0.3, 0.4) is 0 Å². The van der Waals surface area contributed by atoms with E-state index < -0.39 is 21.1 Å². The maximum atomic E-state index is 6.29. The first-order valence-electron chi connectivity index (χ1n) is 8.77. The number of hydrogen-bond acceptors (Lipinski definition) is 2. The Balaban J connectivity index is 4.37. The van der Waals surface area contributed by atoms with Gasteiger partial charge in [-0.1, -0.05) is 0 Å². The summed E-state index contributed by atoms with van der Waals surface area (Å²) in [5, 5.41) is 0. The molecular formula is C17H36O2Sn. The van der Waals surface area contributed by atoms with Crippen molar-refractivity contribution in [3.05, 3.63) is 0 Å². The predicted molar refractivity (Wildman–Crippen MR) is 89.4 cm³/mol. The summed E-state index contributed by atoms with van der Waals surface area (Å²) >= 11 is -0.622. The number of unbranched alkanes of at least 4 members (excludes halogenated alkanes) is 4. The van der Waals surface area contributed by atoms with Crippen LogP contribution < -0.4 is 0 Å². The monoisotopic (exact) mass is 392 g/mol. The molecule has 3 heteroatoms. The van der Waals surface area contributed by atoms with Gasteiger partial charge in [0.05, 0.1) is 0 Å². The second-order valence-corrected chi connectivity index (χ2v) is 10.2. The van der Waals surface area contributed by atoms with Gasteiger partial charge in [-0.05, 0) is 0 Å². The zero-order valence-corrected chi connectivity index (χ0v) is 17.2. The van der Waals surface area contributed by atoms with Crippen LogP contribution in [0.25, 0.3) is 0 Å². The zero-order chi connectivity index (χ0) is 15.1. The number of rotatable bonds is 15. The molecule has 0 spiro atoms. The standard InChI is InChI=1S/C12H25O2.C5H11.Sn/c1-4-7-10-13-12(9-6-3)14-11-8-5-2;1-3-5-4-2;/h4-11H2,1-3H3;1,3-5H2,2H3;. The molecule has 0 amide bonds. The van der Waals surface area contributed by atoms with Crippen LogP contribution in [0.5, 0.6) is 0 Å². The minimum absolute atomic E-state index is 0.129. The molecule has 0 saturated carbocycles. The van der Waals surface area contributed by atoms with Gasteiger partial charge < -0.3 is 0 Å². The van der Waals surface area contributed by atoms with E-state index in [1.807, 2.05) is 0 Å². The molecule has 0 bridgehead atoms. The van der Waals surface area contributed by atoms with Crippen LogP contribution in [0.4, 0.5) is 0 Å². The van der Waals surface area contributed by atoms with E-state index >= 15 is 0 Å². The Morgan fingerprint density at radius 3 is 1.70 bits per heavy atom. The van der Waals surface area contributed by atoms with E-state index in [2.05, 4.69) is 27.7 Å². The molecule has 0 aromatic carbocycles. The molecular weight excluding hydrogens is 355 g/mol. The van der Waals surface area contributed by atoms with Crippen molar-refractivity contribution in [1.29, 1.82) is 0 Å². The first-order valence-corrected chi connectivity index (χ1v) is 12.2. The Labute approximate surface area is 137 Å². The average Bonchev–Trinajstić information content (AvgIpc) is 2.44. The minimum atomic E-state index is -0.622. The molecule has 0 heterocycles. The van der Waals surface area contributed by atoms with E-state index in [1.54, 1.807) is 0 Å². The molecule has 120 valence electrons. The molecule has 20 heavy (non-hydrogen) atoms. The summed E-state index contributed by atoms with van der Waals surface area (Å²) in [4.78, 5) is 0. The second-order valence-electron chi connectivity index (χ2n) is 5.54. The van der Waals surface area contributed by atoms with Gasteiger partial charge in [-0.15, -0.1) is 0 Å². The molecule has 0 unspecified atom stereocenters. The van der Waals surface area contributed by atoms with Crippen molar-refractivity contribution in [2.24, 2.45) is 0 Å². The van der Waals surface area contributed by atoms with Crippen molar-refractivity contribution in [3.63, 3.8) is 0 Å². The van der Waals surface area contributed by atoms with Gasteiger partial charge in [0.15, 0.2) is 0 Å². The summed E-state index contributed by atoms with van der Waals surface area (Å²) in [6.07, 6.45) is 11.1. The van der Waals surface area contributed by atoms with E-state index in [-0.39, 0.29) is 3.80 Å². The van der Waals surface area contributed by atoms with Crippen LogP contribution in [0.2, 0.25) is 4.44 Å². The van der Waals surface area contributed by atoms with Crippen LogP contribution in [-0.2, 0) is 9.47 Å². The summed E-state index contributed by atoms with van der Waals surface area (Å²) in [5.41, 5.74) is 0. The van der Waals surface area contributed by atoms with E-state index in [0.29, 0.717) is 0 Å². The van der Waals surface area contributed by atoms with Gasteiger partial charge in [-0.25, -0.2) is 0 Å². The van der Waals surface area contributed by atoms with Crippen LogP contribution in [0, 0.1) is 0 Å². The molecule has 0 rings (SSSR count). The molecule has 2 nitrogen and oxygen atoms in total. The average molecular weight is 391 g/mol. The first kappa shape index (κ1) is 20.7. The molecule has 0 atom stereocenters. The van der Waals surface area contributed by atoms with Crippen LogP contribution in [-0.4, -0.2) is 38.2 Å². The SMILES string of the molecule is CCCC[CH2][Sn][C](CCC)(OCCCC)OCCCC. The molecule has 2 radical (unpaired) electrons. The Morgan fingerprint density at radius 1 is 0.700 bits per heavy atom. The van der Waals surface area contributed by atoms with Crippen molar-refractivity contribution in [3.8, 4) is 0 Å². The topological polar surface area (TPSA) is 18.5 Å². The maximum absolute atomic E-state index is 6.29. The zero-order valence-electron chi connectivity index (χ0n) is 14.3. The van der Waals surface area contributed by atoms with Crippen molar-refractivity contribution in [2.75, 3.05) is 13.2 Å². The second kappa shape index (κ2) is 14.6. The van der Waals surface area contributed by atoms with Crippen molar-refractivity contribution < 1.29 is 9.47 Å². The van der Waals surface area contributed by atoms with Crippen molar-refractivity contribution in [1.82, 2.24) is 0 Å².